The van der Waals surface area contributed by atoms with Crippen LogP contribution in [0.2, 0.25) is 0 Å². The van der Waals surface area contributed by atoms with Gasteiger partial charge in [-0.25, -0.2) is 0 Å². The number of pyridine rings is 1. The van der Waals surface area contributed by atoms with E-state index in [9.17, 15) is 10.1 Å². The zero-order valence-corrected chi connectivity index (χ0v) is 14.4. The second-order valence-corrected chi connectivity index (χ2v) is 6.22. The summed E-state index contributed by atoms with van der Waals surface area (Å²) in [6.07, 6.45) is 2.42. The van der Waals surface area contributed by atoms with Crippen LogP contribution in [-0.2, 0) is 13.0 Å². The van der Waals surface area contributed by atoms with Gasteiger partial charge >= 0.3 is 0 Å². The summed E-state index contributed by atoms with van der Waals surface area (Å²) in [7, 11) is 0. The van der Waals surface area contributed by atoms with E-state index in [1.165, 1.54) is 5.56 Å². The van der Waals surface area contributed by atoms with Crippen LogP contribution in [0.4, 0.5) is 0 Å². The van der Waals surface area contributed by atoms with Crippen LogP contribution in [0.15, 0.2) is 48.7 Å². The molecule has 1 unspecified atom stereocenters. The predicted octanol–water partition coefficient (Wildman–Crippen LogP) is 2.49. The number of hydrogen-bond donors (Lipinski definition) is 0. The number of nitriles is 1. The highest BCUT2D eigenvalue weighted by molar-refractivity contribution is 5.93. The molecule has 3 rings (SSSR count). The minimum absolute atomic E-state index is 0.0722. The third-order valence-electron chi connectivity index (χ3n) is 4.63. The highest BCUT2D eigenvalue weighted by Crippen LogP contribution is 2.17. The van der Waals surface area contributed by atoms with Crippen LogP contribution in [-0.4, -0.2) is 46.4 Å². The SMILES string of the molecule is CCc1cccnc1C(=O)N1CCN(Cc2ccccc2)C(C#N)C1. The Hall–Kier alpha value is -2.71. The van der Waals surface area contributed by atoms with E-state index in [1.807, 2.05) is 37.3 Å². The molecule has 1 aromatic heterocycles. The van der Waals surface area contributed by atoms with E-state index in [0.717, 1.165) is 18.5 Å². The molecule has 1 saturated heterocycles. The van der Waals surface area contributed by atoms with Crippen LogP contribution in [0.5, 0.6) is 0 Å². The van der Waals surface area contributed by atoms with Gasteiger partial charge in [-0.05, 0) is 23.6 Å². The second-order valence-electron chi connectivity index (χ2n) is 6.22. The summed E-state index contributed by atoms with van der Waals surface area (Å²) in [6, 6.07) is 16.0. The van der Waals surface area contributed by atoms with Crippen molar-refractivity contribution in [3.05, 3.63) is 65.5 Å². The van der Waals surface area contributed by atoms with E-state index in [1.54, 1.807) is 11.1 Å². The van der Waals surface area contributed by atoms with Gasteiger partial charge in [0.05, 0.1) is 12.6 Å². The Morgan fingerprint density at radius 3 is 2.76 bits per heavy atom. The third-order valence-corrected chi connectivity index (χ3v) is 4.63. The molecule has 1 aliphatic rings. The van der Waals surface area contributed by atoms with Gasteiger partial charge in [0, 0.05) is 25.8 Å². The summed E-state index contributed by atoms with van der Waals surface area (Å²) in [6.45, 7) is 4.47. The first-order chi connectivity index (χ1) is 12.2. The number of piperazine rings is 1. The molecule has 25 heavy (non-hydrogen) atoms. The molecule has 0 bridgehead atoms. The largest absolute Gasteiger partial charge is 0.333 e. The quantitative estimate of drug-likeness (QED) is 0.862. The summed E-state index contributed by atoms with van der Waals surface area (Å²) in [5, 5.41) is 9.57. The molecule has 0 radical (unpaired) electrons. The summed E-state index contributed by atoms with van der Waals surface area (Å²) in [5.41, 5.74) is 2.64. The fourth-order valence-electron chi connectivity index (χ4n) is 3.20. The minimum Gasteiger partial charge on any atom is -0.333 e. The van der Waals surface area contributed by atoms with E-state index in [4.69, 9.17) is 0 Å². The Labute approximate surface area is 148 Å². The van der Waals surface area contributed by atoms with Gasteiger partial charge < -0.3 is 4.90 Å². The molecule has 1 aliphatic heterocycles. The van der Waals surface area contributed by atoms with Gasteiger partial charge in [0.25, 0.3) is 5.91 Å². The number of hydrogen-bond acceptors (Lipinski definition) is 4. The van der Waals surface area contributed by atoms with Gasteiger partial charge in [-0.2, -0.15) is 5.26 Å². The Morgan fingerprint density at radius 2 is 2.04 bits per heavy atom. The lowest BCUT2D eigenvalue weighted by Gasteiger charge is -2.38. The monoisotopic (exact) mass is 334 g/mol. The van der Waals surface area contributed by atoms with Gasteiger partial charge in [-0.15, -0.1) is 0 Å². The molecule has 128 valence electrons. The van der Waals surface area contributed by atoms with Gasteiger partial charge in [0.2, 0.25) is 0 Å². The number of aromatic nitrogens is 1. The fourth-order valence-corrected chi connectivity index (χ4v) is 3.20. The van der Waals surface area contributed by atoms with E-state index in [0.29, 0.717) is 25.3 Å². The van der Waals surface area contributed by atoms with Crippen LogP contribution in [0.3, 0.4) is 0 Å². The van der Waals surface area contributed by atoms with Crippen LogP contribution < -0.4 is 0 Å². The molecule has 5 nitrogen and oxygen atoms in total. The van der Waals surface area contributed by atoms with Crippen LogP contribution in [0.1, 0.15) is 28.5 Å². The van der Waals surface area contributed by atoms with E-state index in [2.05, 4.69) is 28.1 Å². The molecular formula is C20H22N4O. The van der Waals surface area contributed by atoms with Crippen molar-refractivity contribution in [2.75, 3.05) is 19.6 Å². The first-order valence-corrected chi connectivity index (χ1v) is 8.63. The van der Waals surface area contributed by atoms with Gasteiger partial charge in [-0.1, -0.05) is 43.3 Å². The molecule has 2 heterocycles. The molecule has 2 aromatic rings. The summed E-state index contributed by atoms with van der Waals surface area (Å²) in [5.74, 6) is -0.0722. The first-order valence-electron chi connectivity index (χ1n) is 8.63. The normalized spacial score (nSPS) is 17.9. The molecular weight excluding hydrogens is 312 g/mol. The smallest absolute Gasteiger partial charge is 0.272 e. The van der Waals surface area contributed by atoms with Gasteiger partial charge in [0.1, 0.15) is 11.7 Å². The van der Waals surface area contributed by atoms with Crippen molar-refractivity contribution in [2.24, 2.45) is 0 Å². The standard InChI is InChI=1S/C20H22N4O/c1-2-17-9-6-10-22-19(17)20(25)24-12-11-23(18(13-21)15-24)14-16-7-4-3-5-8-16/h3-10,18H,2,11-12,14-15H2,1H3. The Balaban J connectivity index is 1.71. The highest BCUT2D eigenvalue weighted by atomic mass is 16.2. The first kappa shape index (κ1) is 17.1. The number of amides is 1. The van der Waals surface area contributed by atoms with E-state index in [-0.39, 0.29) is 11.9 Å². The van der Waals surface area contributed by atoms with Gasteiger partial charge in [-0.3, -0.25) is 14.7 Å². The maximum Gasteiger partial charge on any atom is 0.272 e. The average Bonchev–Trinajstić information content (AvgIpc) is 2.68. The van der Waals surface area contributed by atoms with Crippen molar-refractivity contribution in [2.45, 2.75) is 25.9 Å². The molecule has 0 spiro atoms. The number of carbonyl (C=O) groups is 1. The maximum atomic E-state index is 12.8. The Morgan fingerprint density at radius 1 is 1.24 bits per heavy atom. The minimum atomic E-state index is -0.299. The Bertz CT molecular complexity index is 769. The summed E-state index contributed by atoms with van der Waals surface area (Å²) >= 11 is 0. The lowest BCUT2D eigenvalue weighted by atomic mass is 10.1. The van der Waals surface area contributed by atoms with E-state index >= 15 is 0 Å². The molecule has 0 N–H and O–H groups in total. The van der Waals surface area contributed by atoms with Crippen LogP contribution >= 0.6 is 0 Å². The van der Waals surface area contributed by atoms with Crippen molar-refractivity contribution < 1.29 is 4.79 Å². The molecule has 1 fully saturated rings. The molecule has 1 amide bonds. The van der Waals surface area contributed by atoms with Crippen molar-refractivity contribution in [1.29, 1.82) is 5.26 Å². The van der Waals surface area contributed by atoms with Crippen molar-refractivity contribution >= 4 is 5.91 Å². The van der Waals surface area contributed by atoms with Crippen molar-refractivity contribution in [1.82, 2.24) is 14.8 Å². The zero-order chi connectivity index (χ0) is 17.6. The Kier molecular flexibility index (Phi) is 5.42. The average molecular weight is 334 g/mol. The fraction of sp³-hybridized carbons (Fsp3) is 0.350. The predicted molar refractivity (Wildman–Crippen MR) is 95.8 cm³/mol. The van der Waals surface area contributed by atoms with Gasteiger partial charge in [0.15, 0.2) is 0 Å². The van der Waals surface area contributed by atoms with E-state index < -0.39 is 0 Å². The maximum absolute atomic E-state index is 12.8. The lowest BCUT2D eigenvalue weighted by molar-refractivity contribution is 0.0545. The number of rotatable bonds is 4. The zero-order valence-electron chi connectivity index (χ0n) is 14.4. The third kappa shape index (κ3) is 3.86. The van der Waals surface area contributed by atoms with Crippen molar-refractivity contribution in [3.63, 3.8) is 0 Å². The topological polar surface area (TPSA) is 60.2 Å². The molecule has 5 heteroatoms. The van der Waals surface area contributed by atoms with Crippen LogP contribution in [0, 0.1) is 11.3 Å². The number of nitrogens with zero attached hydrogens (tertiary/aromatic N) is 4. The second kappa shape index (κ2) is 7.91. The number of aryl methyl sites for hydroxylation is 1. The van der Waals surface area contributed by atoms with Crippen molar-refractivity contribution in [3.8, 4) is 6.07 Å². The lowest BCUT2D eigenvalue weighted by Crippen LogP contribution is -2.54. The molecule has 1 atom stereocenters. The molecule has 0 saturated carbocycles. The molecule has 1 aromatic carbocycles. The number of benzene rings is 1. The molecule has 0 aliphatic carbocycles. The summed E-state index contributed by atoms with van der Waals surface area (Å²) in [4.78, 5) is 21.0. The highest BCUT2D eigenvalue weighted by Gasteiger charge is 2.31. The van der Waals surface area contributed by atoms with Crippen LogP contribution in [0.25, 0.3) is 0 Å². The summed E-state index contributed by atoms with van der Waals surface area (Å²) < 4.78 is 0. The number of carbonyl (C=O) groups excluding carboxylic acids is 1.